The maximum Gasteiger partial charge on any atom is 0.436 e. The van der Waals surface area contributed by atoms with Crippen LogP contribution in [0.25, 0.3) is 0 Å². The van der Waals surface area contributed by atoms with Gasteiger partial charge in [-0.1, -0.05) is 6.42 Å². The second-order valence-corrected chi connectivity index (χ2v) is 10.2. The lowest BCUT2D eigenvalue weighted by atomic mass is 10.2. The van der Waals surface area contributed by atoms with E-state index in [1.807, 2.05) is 0 Å². The Kier molecular flexibility index (Phi) is 7.64. The Bertz CT molecular complexity index is 1060. The van der Waals surface area contributed by atoms with E-state index in [9.17, 15) is 22.8 Å². The molecule has 1 aliphatic rings. The van der Waals surface area contributed by atoms with Crippen LogP contribution in [0.15, 0.2) is 46.0 Å². The molecule has 1 aromatic carbocycles. The first-order valence-corrected chi connectivity index (χ1v) is 12.6. The van der Waals surface area contributed by atoms with Crippen molar-refractivity contribution in [3.05, 3.63) is 52.2 Å². The number of carbonyl (C=O) groups excluding carboxylic acids is 3. The van der Waals surface area contributed by atoms with Gasteiger partial charge in [-0.2, -0.15) is 15.6 Å². The number of nitrogens with zero attached hydrogens (tertiary/aromatic N) is 2. The predicted molar refractivity (Wildman–Crippen MR) is 119 cm³/mol. The molecule has 11 heteroatoms. The molecule has 32 heavy (non-hydrogen) atoms. The Labute approximate surface area is 191 Å². The molecule has 1 saturated heterocycles. The van der Waals surface area contributed by atoms with Crippen molar-refractivity contribution in [1.82, 2.24) is 14.7 Å². The van der Waals surface area contributed by atoms with Crippen molar-refractivity contribution in [3.63, 3.8) is 0 Å². The molecule has 0 unspecified atom stereocenters. The Balaban J connectivity index is 1.77. The lowest BCUT2D eigenvalue weighted by Gasteiger charge is -2.26. The second kappa shape index (κ2) is 10.2. The molecule has 3 rings (SSSR count). The zero-order chi connectivity index (χ0) is 23.3. The van der Waals surface area contributed by atoms with Gasteiger partial charge in [-0.3, -0.25) is 15.0 Å². The van der Waals surface area contributed by atoms with E-state index in [0.717, 1.165) is 19.3 Å². The fourth-order valence-corrected chi connectivity index (χ4v) is 5.29. The summed E-state index contributed by atoms with van der Waals surface area (Å²) in [5.74, 6) is -1.49. The third kappa shape index (κ3) is 5.53. The van der Waals surface area contributed by atoms with Gasteiger partial charge in [-0.15, -0.1) is 5.01 Å². The van der Waals surface area contributed by atoms with Crippen LogP contribution >= 0.6 is 11.3 Å². The summed E-state index contributed by atoms with van der Waals surface area (Å²) in [5, 5.41) is 3.73. The molecule has 0 bridgehead atoms. The zero-order valence-electron chi connectivity index (χ0n) is 17.8. The molecule has 0 spiro atoms. The first-order valence-electron chi connectivity index (χ1n) is 10.2. The van der Waals surface area contributed by atoms with Crippen molar-refractivity contribution in [2.45, 2.75) is 44.1 Å². The van der Waals surface area contributed by atoms with E-state index in [1.54, 1.807) is 24.6 Å². The molecule has 1 N–H and O–H groups in total. The number of benzene rings is 1. The fraction of sp³-hybridized carbons (Fsp3) is 0.381. The molecule has 9 nitrogen and oxygen atoms in total. The summed E-state index contributed by atoms with van der Waals surface area (Å²) in [4.78, 5) is 37.9. The van der Waals surface area contributed by atoms with E-state index in [-0.39, 0.29) is 16.0 Å². The first kappa shape index (κ1) is 23.9. The number of hydrogen-bond acceptors (Lipinski definition) is 7. The summed E-state index contributed by atoms with van der Waals surface area (Å²) in [7, 11) is -3.63. The third-order valence-corrected chi connectivity index (χ3v) is 7.37. The standard InChI is InChI=1S/C21H25N3O6S2/c1-15(2)30-21(27)24(20(26)17-10-13-31-14-17)22-19(25)16-6-8-18(9-7-16)32(28,29)23-11-4-3-5-12-23/h6-10,13-15H,3-5,11-12H2,1-2H3,(H,22,25). The van der Waals surface area contributed by atoms with Gasteiger partial charge in [0.05, 0.1) is 16.6 Å². The molecule has 172 valence electrons. The lowest BCUT2D eigenvalue weighted by Crippen LogP contribution is -2.50. The number of hydrazine groups is 1. The number of piperidine rings is 1. The van der Waals surface area contributed by atoms with Crippen molar-refractivity contribution in [3.8, 4) is 0 Å². The summed E-state index contributed by atoms with van der Waals surface area (Å²) in [6, 6.07) is 6.89. The van der Waals surface area contributed by atoms with Crippen molar-refractivity contribution in [1.29, 1.82) is 0 Å². The summed E-state index contributed by atoms with van der Waals surface area (Å²) >= 11 is 1.27. The number of imide groups is 1. The summed E-state index contributed by atoms with van der Waals surface area (Å²) in [6.07, 6.45) is 1.12. The molecule has 1 aromatic heterocycles. The Morgan fingerprint density at radius 1 is 1.03 bits per heavy atom. The van der Waals surface area contributed by atoms with Gasteiger partial charge in [-0.05, 0) is 62.4 Å². The van der Waals surface area contributed by atoms with Crippen molar-refractivity contribution >= 4 is 39.3 Å². The van der Waals surface area contributed by atoms with Crippen molar-refractivity contribution in [2.24, 2.45) is 0 Å². The van der Waals surface area contributed by atoms with Crippen LogP contribution in [0.2, 0.25) is 0 Å². The van der Waals surface area contributed by atoms with Crippen LogP contribution in [0.3, 0.4) is 0 Å². The molecule has 0 radical (unpaired) electrons. The van der Waals surface area contributed by atoms with Crippen molar-refractivity contribution < 1.29 is 27.5 Å². The average Bonchev–Trinajstić information content (AvgIpc) is 3.32. The van der Waals surface area contributed by atoms with E-state index in [2.05, 4.69) is 5.43 Å². The minimum absolute atomic E-state index is 0.0846. The van der Waals surface area contributed by atoms with Crippen molar-refractivity contribution in [2.75, 3.05) is 13.1 Å². The maximum absolute atomic E-state index is 12.8. The molecule has 3 amide bonds. The first-order chi connectivity index (χ1) is 15.2. The Morgan fingerprint density at radius 3 is 2.25 bits per heavy atom. The number of carbonyl (C=O) groups is 3. The van der Waals surface area contributed by atoms with Crippen LogP contribution in [0, 0.1) is 0 Å². The zero-order valence-corrected chi connectivity index (χ0v) is 19.4. The molecule has 2 heterocycles. The highest BCUT2D eigenvalue weighted by Gasteiger charge is 2.29. The highest BCUT2D eigenvalue weighted by molar-refractivity contribution is 7.89. The summed E-state index contributed by atoms with van der Waals surface area (Å²) in [5.41, 5.74) is 2.57. The fourth-order valence-electron chi connectivity index (χ4n) is 3.15. The van der Waals surface area contributed by atoms with E-state index >= 15 is 0 Å². The normalized spacial score (nSPS) is 14.7. The molecular formula is C21H25N3O6S2. The molecule has 1 fully saturated rings. The summed E-state index contributed by atoms with van der Waals surface area (Å²) < 4.78 is 32.1. The van der Waals surface area contributed by atoms with Gasteiger partial charge < -0.3 is 4.74 Å². The topological polar surface area (TPSA) is 113 Å². The van der Waals surface area contributed by atoms with Gasteiger partial charge in [0.25, 0.3) is 11.8 Å². The molecule has 0 atom stereocenters. The average molecular weight is 480 g/mol. The molecule has 2 aromatic rings. The molecule has 0 aliphatic carbocycles. The van der Waals surface area contributed by atoms with Gasteiger partial charge in [-0.25, -0.2) is 13.2 Å². The lowest BCUT2D eigenvalue weighted by molar-refractivity contribution is 0.0417. The number of hydrogen-bond donors (Lipinski definition) is 1. The number of nitrogens with one attached hydrogen (secondary N) is 1. The van der Waals surface area contributed by atoms with Crippen LogP contribution in [0.4, 0.5) is 4.79 Å². The van der Waals surface area contributed by atoms with Crippen LogP contribution < -0.4 is 5.43 Å². The monoisotopic (exact) mass is 479 g/mol. The third-order valence-electron chi connectivity index (χ3n) is 4.77. The van der Waals surface area contributed by atoms with Crippen LogP contribution in [-0.2, 0) is 14.8 Å². The highest BCUT2D eigenvalue weighted by atomic mass is 32.2. The van der Waals surface area contributed by atoms with Crippen LogP contribution in [0.5, 0.6) is 0 Å². The van der Waals surface area contributed by atoms with E-state index in [1.165, 1.54) is 46.0 Å². The summed E-state index contributed by atoms with van der Waals surface area (Å²) in [6.45, 7) is 4.19. The number of sulfonamides is 1. The smallest absolute Gasteiger partial charge is 0.436 e. The molecule has 1 aliphatic heterocycles. The highest BCUT2D eigenvalue weighted by Crippen LogP contribution is 2.21. The van der Waals surface area contributed by atoms with Gasteiger partial charge in [0.2, 0.25) is 10.0 Å². The Morgan fingerprint density at radius 2 is 1.69 bits per heavy atom. The van der Waals surface area contributed by atoms with Gasteiger partial charge in [0, 0.05) is 24.0 Å². The minimum atomic E-state index is -3.63. The van der Waals surface area contributed by atoms with Crippen LogP contribution in [-0.4, -0.2) is 54.8 Å². The quantitative estimate of drug-likeness (QED) is 0.659. The van der Waals surface area contributed by atoms with Gasteiger partial charge >= 0.3 is 6.09 Å². The van der Waals surface area contributed by atoms with E-state index in [0.29, 0.717) is 18.1 Å². The largest absolute Gasteiger partial charge is 0.445 e. The van der Waals surface area contributed by atoms with Crippen LogP contribution in [0.1, 0.15) is 53.8 Å². The number of ether oxygens (including phenoxy) is 1. The van der Waals surface area contributed by atoms with E-state index in [4.69, 9.17) is 4.74 Å². The Hall–Kier alpha value is -2.76. The van der Waals surface area contributed by atoms with E-state index < -0.39 is 34.0 Å². The number of amides is 3. The van der Waals surface area contributed by atoms with Gasteiger partial charge in [0.1, 0.15) is 0 Å². The predicted octanol–water partition coefficient (Wildman–Crippen LogP) is 3.25. The van der Waals surface area contributed by atoms with Gasteiger partial charge in [0.15, 0.2) is 0 Å². The second-order valence-electron chi connectivity index (χ2n) is 7.52. The number of rotatable bonds is 5. The SMILES string of the molecule is CC(C)OC(=O)N(NC(=O)c1ccc(S(=O)(=O)N2CCCCC2)cc1)C(=O)c1ccsc1. The number of thiophene rings is 1. The minimum Gasteiger partial charge on any atom is -0.445 e. The maximum atomic E-state index is 12.8. The molecule has 0 saturated carbocycles. The molecular weight excluding hydrogens is 454 g/mol.